The van der Waals surface area contributed by atoms with E-state index in [0.29, 0.717) is 19.4 Å². The molecule has 1 aromatic carbocycles. The van der Waals surface area contributed by atoms with E-state index in [2.05, 4.69) is 10.3 Å². The first-order valence-corrected chi connectivity index (χ1v) is 7.54. The molecule has 2 rings (SSSR count). The first-order chi connectivity index (χ1) is 11.2. The summed E-state index contributed by atoms with van der Waals surface area (Å²) in [5.41, 5.74) is 2.04. The van der Waals surface area contributed by atoms with E-state index >= 15 is 0 Å². The van der Waals surface area contributed by atoms with Crippen LogP contribution in [-0.4, -0.2) is 31.7 Å². The van der Waals surface area contributed by atoms with Crippen LogP contribution >= 0.6 is 0 Å². The van der Waals surface area contributed by atoms with Gasteiger partial charge in [0.05, 0.1) is 19.8 Å². The number of carbonyl (C=O) groups is 1. The monoisotopic (exact) mass is 314 g/mol. The van der Waals surface area contributed by atoms with Crippen LogP contribution in [0.1, 0.15) is 23.6 Å². The number of nitrogens with zero attached hydrogens (tertiary/aromatic N) is 1. The summed E-state index contributed by atoms with van der Waals surface area (Å²) in [7, 11) is 3.25. The highest BCUT2D eigenvalue weighted by molar-refractivity contribution is 5.76. The van der Waals surface area contributed by atoms with E-state index in [4.69, 9.17) is 9.47 Å². The minimum Gasteiger partial charge on any atom is -0.497 e. The molecule has 1 N–H and O–H groups in total. The number of carbonyl (C=O) groups excluding carboxylic acids is 1. The first kappa shape index (κ1) is 17.0. The van der Waals surface area contributed by atoms with Gasteiger partial charge < -0.3 is 14.8 Å². The lowest BCUT2D eigenvalue weighted by Gasteiger charge is -2.18. The third-order valence-electron chi connectivity index (χ3n) is 3.55. The first-order valence-electron chi connectivity index (χ1n) is 7.54. The third kappa shape index (κ3) is 5.38. The topological polar surface area (TPSA) is 60.5 Å². The van der Waals surface area contributed by atoms with Crippen molar-refractivity contribution in [2.75, 3.05) is 20.8 Å². The van der Waals surface area contributed by atoms with Gasteiger partial charge in [0.1, 0.15) is 5.75 Å². The SMILES string of the molecule is COCC(NC(=O)CCc1cccnc1)c1ccc(OC)cc1. The van der Waals surface area contributed by atoms with Gasteiger partial charge in [-0.1, -0.05) is 18.2 Å². The number of benzene rings is 1. The molecule has 0 aliphatic carbocycles. The molecule has 0 bridgehead atoms. The average molecular weight is 314 g/mol. The molecular weight excluding hydrogens is 292 g/mol. The van der Waals surface area contributed by atoms with Crippen molar-refractivity contribution in [3.8, 4) is 5.75 Å². The molecule has 0 fully saturated rings. The Kier molecular flexibility index (Phi) is 6.56. The summed E-state index contributed by atoms with van der Waals surface area (Å²) in [6, 6.07) is 11.3. The molecule has 0 aliphatic rings. The summed E-state index contributed by atoms with van der Waals surface area (Å²) in [4.78, 5) is 16.2. The van der Waals surface area contributed by atoms with E-state index in [1.165, 1.54) is 0 Å². The molecule has 23 heavy (non-hydrogen) atoms. The standard InChI is InChI=1S/C18H22N2O3/c1-22-13-17(15-6-8-16(23-2)9-7-15)20-18(21)10-5-14-4-3-11-19-12-14/h3-4,6-9,11-12,17H,5,10,13H2,1-2H3,(H,20,21). The predicted molar refractivity (Wildman–Crippen MR) is 88.3 cm³/mol. The molecule has 1 aromatic heterocycles. The summed E-state index contributed by atoms with van der Waals surface area (Å²) in [6.07, 6.45) is 4.59. The van der Waals surface area contributed by atoms with Crippen molar-refractivity contribution in [3.63, 3.8) is 0 Å². The van der Waals surface area contributed by atoms with Gasteiger partial charge in [0.2, 0.25) is 5.91 Å². The maximum atomic E-state index is 12.2. The molecule has 5 heteroatoms. The molecule has 1 unspecified atom stereocenters. The Morgan fingerprint density at radius 3 is 2.61 bits per heavy atom. The Bertz CT molecular complexity index is 599. The largest absolute Gasteiger partial charge is 0.497 e. The summed E-state index contributed by atoms with van der Waals surface area (Å²) >= 11 is 0. The van der Waals surface area contributed by atoms with Crippen LogP contribution in [0.15, 0.2) is 48.8 Å². The Balaban J connectivity index is 1.93. The van der Waals surface area contributed by atoms with Crippen molar-refractivity contribution in [2.24, 2.45) is 0 Å². The molecular formula is C18H22N2O3. The smallest absolute Gasteiger partial charge is 0.220 e. The zero-order valence-corrected chi connectivity index (χ0v) is 13.5. The van der Waals surface area contributed by atoms with Gasteiger partial charge in [-0.3, -0.25) is 9.78 Å². The number of methoxy groups -OCH3 is 2. The van der Waals surface area contributed by atoms with Crippen molar-refractivity contribution in [2.45, 2.75) is 18.9 Å². The van der Waals surface area contributed by atoms with E-state index < -0.39 is 0 Å². The molecule has 0 saturated heterocycles. The Morgan fingerprint density at radius 2 is 2.00 bits per heavy atom. The van der Waals surface area contributed by atoms with E-state index in [0.717, 1.165) is 16.9 Å². The maximum Gasteiger partial charge on any atom is 0.220 e. The Morgan fingerprint density at radius 1 is 1.22 bits per heavy atom. The minimum atomic E-state index is -0.174. The molecule has 0 aliphatic heterocycles. The molecule has 1 atom stereocenters. The number of nitrogens with one attached hydrogen (secondary N) is 1. The van der Waals surface area contributed by atoms with Crippen LogP contribution in [0, 0.1) is 0 Å². The van der Waals surface area contributed by atoms with Crippen LogP contribution in [0.25, 0.3) is 0 Å². The van der Waals surface area contributed by atoms with Crippen LogP contribution in [0.2, 0.25) is 0 Å². The number of ether oxygens (including phenoxy) is 2. The van der Waals surface area contributed by atoms with Crippen LogP contribution in [-0.2, 0) is 16.0 Å². The van der Waals surface area contributed by atoms with E-state index in [1.54, 1.807) is 26.6 Å². The summed E-state index contributed by atoms with van der Waals surface area (Å²) in [5.74, 6) is 0.777. The van der Waals surface area contributed by atoms with Gasteiger partial charge in [-0.05, 0) is 35.7 Å². The second kappa shape index (κ2) is 8.90. The highest BCUT2D eigenvalue weighted by Crippen LogP contribution is 2.18. The lowest BCUT2D eigenvalue weighted by atomic mass is 10.1. The van der Waals surface area contributed by atoms with Crippen molar-refractivity contribution in [3.05, 3.63) is 59.9 Å². The molecule has 1 amide bonds. The van der Waals surface area contributed by atoms with Crippen molar-refractivity contribution >= 4 is 5.91 Å². The predicted octanol–water partition coefficient (Wildman–Crippen LogP) is 2.53. The molecule has 2 aromatic rings. The highest BCUT2D eigenvalue weighted by Gasteiger charge is 2.14. The van der Waals surface area contributed by atoms with Crippen LogP contribution in [0.3, 0.4) is 0 Å². The van der Waals surface area contributed by atoms with E-state index in [-0.39, 0.29) is 11.9 Å². The van der Waals surface area contributed by atoms with Gasteiger partial charge in [-0.2, -0.15) is 0 Å². The van der Waals surface area contributed by atoms with Crippen LogP contribution in [0.4, 0.5) is 0 Å². The van der Waals surface area contributed by atoms with Gasteiger partial charge in [0.25, 0.3) is 0 Å². The lowest BCUT2D eigenvalue weighted by Crippen LogP contribution is -2.31. The fraction of sp³-hybridized carbons (Fsp3) is 0.333. The van der Waals surface area contributed by atoms with Crippen molar-refractivity contribution < 1.29 is 14.3 Å². The molecule has 1 heterocycles. The molecule has 0 radical (unpaired) electrons. The normalized spacial score (nSPS) is 11.7. The number of pyridine rings is 1. The number of amides is 1. The van der Waals surface area contributed by atoms with Crippen molar-refractivity contribution in [1.29, 1.82) is 0 Å². The molecule has 122 valence electrons. The van der Waals surface area contributed by atoms with Gasteiger partial charge in [-0.25, -0.2) is 0 Å². The average Bonchev–Trinajstić information content (AvgIpc) is 2.60. The van der Waals surface area contributed by atoms with Gasteiger partial charge in [0, 0.05) is 25.9 Å². The summed E-state index contributed by atoms with van der Waals surface area (Å²) in [5, 5.41) is 3.02. The second-order valence-corrected chi connectivity index (χ2v) is 5.21. The Hall–Kier alpha value is -2.40. The zero-order valence-electron chi connectivity index (χ0n) is 13.5. The van der Waals surface area contributed by atoms with Crippen LogP contribution in [0.5, 0.6) is 5.75 Å². The van der Waals surface area contributed by atoms with Crippen LogP contribution < -0.4 is 10.1 Å². The van der Waals surface area contributed by atoms with E-state index in [1.807, 2.05) is 36.4 Å². The number of hydrogen-bond acceptors (Lipinski definition) is 4. The van der Waals surface area contributed by atoms with Gasteiger partial charge in [-0.15, -0.1) is 0 Å². The number of aryl methyl sites for hydroxylation is 1. The highest BCUT2D eigenvalue weighted by atomic mass is 16.5. The van der Waals surface area contributed by atoms with Crippen molar-refractivity contribution in [1.82, 2.24) is 10.3 Å². The number of hydrogen-bond donors (Lipinski definition) is 1. The van der Waals surface area contributed by atoms with Gasteiger partial charge in [0.15, 0.2) is 0 Å². The Labute approximate surface area is 136 Å². The summed E-state index contributed by atoms with van der Waals surface area (Å²) in [6.45, 7) is 0.422. The maximum absolute atomic E-state index is 12.2. The lowest BCUT2D eigenvalue weighted by molar-refractivity contribution is -0.122. The van der Waals surface area contributed by atoms with Gasteiger partial charge >= 0.3 is 0 Å². The quantitative estimate of drug-likeness (QED) is 0.813. The van der Waals surface area contributed by atoms with E-state index in [9.17, 15) is 4.79 Å². The molecule has 0 saturated carbocycles. The fourth-order valence-corrected chi connectivity index (χ4v) is 2.29. The fourth-order valence-electron chi connectivity index (χ4n) is 2.29. The molecule has 5 nitrogen and oxygen atoms in total. The minimum absolute atomic E-state index is 0.00767. The third-order valence-corrected chi connectivity index (χ3v) is 3.55. The zero-order chi connectivity index (χ0) is 16.5. The number of rotatable bonds is 8. The summed E-state index contributed by atoms with van der Waals surface area (Å²) < 4.78 is 10.4. The molecule has 0 spiro atoms. The second-order valence-electron chi connectivity index (χ2n) is 5.21. The number of aromatic nitrogens is 1.